The lowest BCUT2D eigenvalue weighted by atomic mass is 10.0. The minimum Gasteiger partial charge on any atom is -0.343 e. The number of aryl methyl sites for hydroxylation is 3. The Bertz CT molecular complexity index is 538. The molecule has 0 fully saturated rings. The Morgan fingerprint density at radius 3 is 2.74 bits per heavy atom. The van der Waals surface area contributed by atoms with Gasteiger partial charge in [0.15, 0.2) is 0 Å². The molecule has 2 nitrogen and oxygen atoms in total. The fourth-order valence-electron chi connectivity index (χ4n) is 2.20. The Morgan fingerprint density at radius 2 is 2.00 bits per heavy atom. The number of hydrogen-bond acceptors (Lipinski definition) is 1. The zero-order chi connectivity index (χ0) is 13.5. The maximum Gasteiger partial charge on any atom is 0.103 e. The molecule has 2 aromatic rings. The third-order valence-corrected chi connectivity index (χ3v) is 3.35. The predicted molar refractivity (Wildman–Crippen MR) is 81.1 cm³/mol. The number of nitrogens with zero attached hydrogens (tertiary/aromatic N) is 1. The highest BCUT2D eigenvalue weighted by atomic mass is 14.9. The number of imidazole rings is 1. The van der Waals surface area contributed by atoms with Gasteiger partial charge in [0.05, 0.1) is 11.9 Å². The number of rotatable bonds is 6. The van der Waals surface area contributed by atoms with Gasteiger partial charge in [0.25, 0.3) is 0 Å². The molecule has 0 aliphatic rings. The van der Waals surface area contributed by atoms with E-state index in [0.29, 0.717) is 0 Å². The summed E-state index contributed by atoms with van der Waals surface area (Å²) in [6, 6.07) is 8.66. The normalized spacial score (nSPS) is 11.3. The first-order valence-corrected chi connectivity index (χ1v) is 6.98. The molecule has 19 heavy (non-hydrogen) atoms. The van der Waals surface area contributed by atoms with Crippen molar-refractivity contribution in [1.82, 2.24) is 9.97 Å². The van der Waals surface area contributed by atoms with Crippen molar-refractivity contribution in [3.63, 3.8) is 0 Å². The van der Waals surface area contributed by atoms with Crippen LogP contribution in [0.25, 0.3) is 6.08 Å². The van der Waals surface area contributed by atoms with E-state index in [1.807, 2.05) is 13.1 Å². The van der Waals surface area contributed by atoms with Crippen LogP contribution in [0.2, 0.25) is 0 Å². The van der Waals surface area contributed by atoms with Crippen molar-refractivity contribution < 1.29 is 0 Å². The van der Waals surface area contributed by atoms with E-state index >= 15 is 0 Å². The topological polar surface area (TPSA) is 28.7 Å². The standard InChI is InChI=1S/C17H22N2/c1-14-9-7-8-11-16(14)10-5-3-4-6-12-17-13-18-15(2)19-17/h6-9,11-13H,3-5,10H2,1-2H3,(H,18,19). The number of benzene rings is 1. The molecule has 0 spiro atoms. The molecule has 0 saturated heterocycles. The van der Waals surface area contributed by atoms with E-state index < -0.39 is 0 Å². The second-order valence-corrected chi connectivity index (χ2v) is 5.00. The molecule has 0 unspecified atom stereocenters. The van der Waals surface area contributed by atoms with Crippen molar-refractivity contribution in [3.05, 3.63) is 59.2 Å². The first-order valence-electron chi connectivity index (χ1n) is 6.98. The lowest BCUT2D eigenvalue weighted by molar-refractivity contribution is 0.746. The highest BCUT2D eigenvalue weighted by Gasteiger charge is 1.96. The van der Waals surface area contributed by atoms with Gasteiger partial charge in [-0.15, -0.1) is 0 Å². The van der Waals surface area contributed by atoms with Crippen LogP contribution in [0.15, 0.2) is 36.5 Å². The molecular formula is C17H22N2. The van der Waals surface area contributed by atoms with Gasteiger partial charge in [0.1, 0.15) is 5.82 Å². The van der Waals surface area contributed by atoms with Gasteiger partial charge < -0.3 is 4.98 Å². The number of H-pyrrole nitrogens is 1. The smallest absolute Gasteiger partial charge is 0.103 e. The van der Waals surface area contributed by atoms with Gasteiger partial charge in [-0.2, -0.15) is 0 Å². The molecule has 0 saturated carbocycles. The van der Waals surface area contributed by atoms with Crippen LogP contribution in [0.4, 0.5) is 0 Å². The van der Waals surface area contributed by atoms with Gasteiger partial charge in [-0.3, -0.25) is 0 Å². The van der Waals surface area contributed by atoms with Crippen LogP contribution >= 0.6 is 0 Å². The van der Waals surface area contributed by atoms with Gasteiger partial charge in [-0.25, -0.2) is 4.98 Å². The quantitative estimate of drug-likeness (QED) is 0.758. The number of hydrogen-bond donors (Lipinski definition) is 1. The van der Waals surface area contributed by atoms with E-state index in [1.165, 1.54) is 30.4 Å². The number of allylic oxidation sites excluding steroid dienone is 1. The van der Waals surface area contributed by atoms with Gasteiger partial charge in [0.2, 0.25) is 0 Å². The zero-order valence-corrected chi connectivity index (χ0v) is 11.8. The van der Waals surface area contributed by atoms with Crippen molar-refractivity contribution in [1.29, 1.82) is 0 Å². The number of aromatic nitrogens is 2. The van der Waals surface area contributed by atoms with E-state index in [0.717, 1.165) is 17.9 Å². The van der Waals surface area contributed by atoms with Crippen molar-refractivity contribution in [2.24, 2.45) is 0 Å². The Morgan fingerprint density at radius 1 is 1.16 bits per heavy atom. The molecule has 1 aromatic heterocycles. The molecule has 1 N–H and O–H groups in total. The zero-order valence-electron chi connectivity index (χ0n) is 11.8. The maximum absolute atomic E-state index is 4.17. The monoisotopic (exact) mass is 254 g/mol. The summed E-state index contributed by atoms with van der Waals surface area (Å²) in [4.78, 5) is 7.38. The molecule has 0 aliphatic heterocycles. The third-order valence-electron chi connectivity index (χ3n) is 3.35. The Kier molecular flexibility index (Phi) is 4.96. The lowest BCUT2D eigenvalue weighted by Gasteiger charge is -2.04. The van der Waals surface area contributed by atoms with Crippen molar-refractivity contribution in [2.75, 3.05) is 0 Å². The minimum absolute atomic E-state index is 0.971. The molecule has 2 heteroatoms. The molecule has 2 rings (SSSR count). The Labute approximate surface area is 115 Å². The Hall–Kier alpha value is -1.83. The number of nitrogens with one attached hydrogen (secondary N) is 1. The van der Waals surface area contributed by atoms with Crippen molar-refractivity contribution in [2.45, 2.75) is 39.5 Å². The highest BCUT2D eigenvalue weighted by Crippen LogP contribution is 2.12. The molecule has 0 amide bonds. The molecule has 1 heterocycles. The first kappa shape index (κ1) is 13.6. The summed E-state index contributed by atoms with van der Waals surface area (Å²) >= 11 is 0. The Balaban J connectivity index is 1.67. The highest BCUT2D eigenvalue weighted by molar-refractivity contribution is 5.43. The maximum atomic E-state index is 4.17. The van der Waals surface area contributed by atoms with Crippen LogP contribution in [0.5, 0.6) is 0 Å². The molecule has 0 aliphatic carbocycles. The third kappa shape index (κ3) is 4.40. The summed E-state index contributed by atoms with van der Waals surface area (Å²) in [5.74, 6) is 0.971. The van der Waals surface area contributed by atoms with Crippen LogP contribution in [0, 0.1) is 13.8 Å². The largest absolute Gasteiger partial charge is 0.343 e. The number of unbranched alkanes of at least 4 members (excludes halogenated alkanes) is 2. The van der Waals surface area contributed by atoms with E-state index in [1.54, 1.807) is 0 Å². The summed E-state index contributed by atoms with van der Waals surface area (Å²) < 4.78 is 0. The average molecular weight is 254 g/mol. The molecule has 1 aromatic carbocycles. The van der Waals surface area contributed by atoms with Crippen LogP contribution in [0.1, 0.15) is 41.9 Å². The van der Waals surface area contributed by atoms with Gasteiger partial charge in [-0.1, -0.05) is 30.3 Å². The van der Waals surface area contributed by atoms with E-state index in [2.05, 4.69) is 53.3 Å². The first-order chi connectivity index (χ1) is 9.25. The molecular weight excluding hydrogens is 232 g/mol. The van der Waals surface area contributed by atoms with Gasteiger partial charge in [0, 0.05) is 0 Å². The molecule has 0 radical (unpaired) electrons. The fraction of sp³-hybridized carbons (Fsp3) is 0.353. The van der Waals surface area contributed by atoms with Crippen molar-refractivity contribution in [3.8, 4) is 0 Å². The van der Waals surface area contributed by atoms with E-state index in [-0.39, 0.29) is 0 Å². The summed E-state index contributed by atoms with van der Waals surface area (Å²) in [6.07, 6.45) is 11.0. The van der Waals surface area contributed by atoms with Crippen LogP contribution in [-0.2, 0) is 6.42 Å². The summed E-state index contributed by atoms with van der Waals surface area (Å²) in [5, 5.41) is 0. The van der Waals surface area contributed by atoms with Gasteiger partial charge in [-0.05, 0) is 56.7 Å². The minimum atomic E-state index is 0.971. The molecule has 100 valence electrons. The second-order valence-electron chi connectivity index (χ2n) is 5.00. The fourth-order valence-corrected chi connectivity index (χ4v) is 2.20. The van der Waals surface area contributed by atoms with Crippen LogP contribution in [-0.4, -0.2) is 9.97 Å². The summed E-state index contributed by atoms with van der Waals surface area (Å²) in [6.45, 7) is 4.16. The molecule has 0 bridgehead atoms. The SMILES string of the molecule is Cc1ncc(C=CCCCCc2ccccc2C)[nH]1. The predicted octanol–water partition coefficient (Wildman–Crippen LogP) is 4.45. The van der Waals surface area contributed by atoms with E-state index in [4.69, 9.17) is 0 Å². The second kappa shape index (κ2) is 6.93. The number of aromatic amines is 1. The summed E-state index contributed by atoms with van der Waals surface area (Å²) in [5.41, 5.74) is 3.98. The lowest BCUT2D eigenvalue weighted by Crippen LogP contribution is -1.88. The van der Waals surface area contributed by atoms with Crippen LogP contribution < -0.4 is 0 Å². The van der Waals surface area contributed by atoms with Crippen LogP contribution in [0.3, 0.4) is 0 Å². The van der Waals surface area contributed by atoms with Crippen molar-refractivity contribution >= 4 is 6.08 Å². The van der Waals surface area contributed by atoms with Gasteiger partial charge >= 0.3 is 0 Å². The van der Waals surface area contributed by atoms with E-state index in [9.17, 15) is 0 Å². The summed E-state index contributed by atoms with van der Waals surface area (Å²) in [7, 11) is 0. The molecule has 0 atom stereocenters. The average Bonchev–Trinajstić information content (AvgIpc) is 2.81.